The third kappa shape index (κ3) is 3.44. The lowest BCUT2D eigenvalue weighted by molar-refractivity contribution is -0.0972. The van der Waals surface area contributed by atoms with E-state index in [1.54, 1.807) is 6.20 Å². The van der Waals surface area contributed by atoms with Gasteiger partial charge in [0.25, 0.3) is 0 Å². The number of hydrogen-bond donors (Lipinski definition) is 3. The van der Waals surface area contributed by atoms with Gasteiger partial charge in [0.1, 0.15) is 5.69 Å². The third-order valence-electron chi connectivity index (χ3n) is 3.24. The lowest BCUT2D eigenvalue weighted by Crippen LogP contribution is -2.47. The average Bonchev–Trinajstić information content (AvgIpc) is 2.46. The number of aromatic nitrogens is 1. The first-order valence-electron chi connectivity index (χ1n) is 6.54. The lowest BCUT2D eigenvalue weighted by Gasteiger charge is -2.36. The van der Waals surface area contributed by atoms with E-state index in [2.05, 4.69) is 15.0 Å². The molecule has 20 heavy (non-hydrogen) atoms. The van der Waals surface area contributed by atoms with Crippen molar-refractivity contribution in [1.82, 2.24) is 9.88 Å². The van der Waals surface area contributed by atoms with Crippen molar-refractivity contribution in [3.05, 3.63) is 29.6 Å². The molecule has 1 fully saturated rings. The molecule has 1 saturated heterocycles. The van der Waals surface area contributed by atoms with E-state index in [-0.39, 0.29) is 24.7 Å². The van der Waals surface area contributed by atoms with E-state index in [9.17, 15) is 5.11 Å². The molecule has 7 nitrogen and oxygen atoms in total. The molecule has 2 heterocycles. The van der Waals surface area contributed by atoms with Crippen molar-refractivity contribution in [3.8, 4) is 0 Å². The number of oxime groups is 1. The summed E-state index contributed by atoms with van der Waals surface area (Å²) < 4.78 is 5.61. The molecule has 1 aliphatic heterocycles. The molecule has 1 aliphatic rings. The number of morpholine rings is 1. The van der Waals surface area contributed by atoms with Gasteiger partial charge in [-0.05, 0) is 18.6 Å². The fourth-order valence-corrected chi connectivity index (χ4v) is 2.46. The standard InChI is InChI=1S/C13H20N4O3/c1-9-5-17(7-11(8-18)20-9)6-10-3-2-4-15-12(10)13(14)16-19/h2-4,9,11,18-19H,5-8H2,1H3,(H2,14,16). The highest BCUT2D eigenvalue weighted by Crippen LogP contribution is 2.15. The van der Waals surface area contributed by atoms with Crippen molar-refractivity contribution in [2.45, 2.75) is 25.7 Å². The molecule has 7 heteroatoms. The van der Waals surface area contributed by atoms with Crippen LogP contribution in [0.25, 0.3) is 0 Å². The van der Waals surface area contributed by atoms with Gasteiger partial charge in [0.05, 0.1) is 18.8 Å². The van der Waals surface area contributed by atoms with Crippen LogP contribution in [0.15, 0.2) is 23.5 Å². The zero-order valence-corrected chi connectivity index (χ0v) is 11.4. The van der Waals surface area contributed by atoms with Crippen LogP contribution in [0.1, 0.15) is 18.2 Å². The summed E-state index contributed by atoms with van der Waals surface area (Å²) in [6, 6.07) is 3.71. The van der Waals surface area contributed by atoms with Gasteiger partial charge < -0.3 is 20.8 Å². The Morgan fingerprint density at radius 1 is 1.60 bits per heavy atom. The highest BCUT2D eigenvalue weighted by atomic mass is 16.5. The summed E-state index contributed by atoms with van der Waals surface area (Å²) in [5.74, 6) is 0.000570. The summed E-state index contributed by atoms with van der Waals surface area (Å²) in [6.07, 6.45) is 1.49. The van der Waals surface area contributed by atoms with Gasteiger partial charge in [-0.25, -0.2) is 0 Å². The molecule has 0 radical (unpaired) electrons. The Bertz CT molecular complexity index is 480. The Morgan fingerprint density at radius 2 is 2.40 bits per heavy atom. The minimum atomic E-state index is -0.178. The zero-order valence-electron chi connectivity index (χ0n) is 11.4. The molecular formula is C13H20N4O3. The van der Waals surface area contributed by atoms with Crippen LogP contribution in [0.2, 0.25) is 0 Å². The first-order chi connectivity index (χ1) is 9.63. The van der Waals surface area contributed by atoms with Crippen LogP contribution in [-0.4, -0.2) is 57.9 Å². The van der Waals surface area contributed by atoms with Crippen molar-refractivity contribution >= 4 is 5.84 Å². The predicted octanol–water partition coefficient (Wildman–Crippen LogP) is -0.242. The molecule has 0 aromatic carbocycles. The first kappa shape index (κ1) is 14.7. The predicted molar refractivity (Wildman–Crippen MR) is 73.4 cm³/mol. The first-order valence-corrected chi connectivity index (χ1v) is 6.54. The number of pyridine rings is 1. The third-order valence-corrected chi connectivity index (χ3v) is 3.24. The summed E-state index contributed by atoms with van der Waals surface area (Å²) in [5, 5.41) is 21.0. The highest BCUT2D eigenvalue weighted by Gasteiger charge is 2.25. The normalized spacial score (nSPS) is 24.8. The quantitative estimate of drug-likeness (QED) is 0.304. The molecule has 0 saturated carbocycles. The van der Waals surface area contributed by atoms with E-state index >= 15 is 0 Å². The van der Waals surface area contributed by atoms with Crippen LogP contribution in [0, 0.1) is 0 Å². The van der Waals surface area contributed by atoms with Crippen molar-refractivity contribution in [3.63, 3.8) is 0 Å². The smallest absolute Gasteiger partial charge is 0.189 e. The molecule has 1 aromatic rings. The van der Waals surface area contributed by atoms with Gasteiger partial charge in [-0.2, -0.15) is 0 Å². The largest absolute Gasteiger partial charge is 0.409 e. The van der Waals surface area contributed by atoms with Crippen molar-refractivity contribution in [2.75, 3.05) is 19.7 Å². The molecule has 2 unspecified atom stereocenters. The fourth-order valence-electron chi connectivity index (χ4n) is 2.46. The maximum atomic E-state index is 9.24. The van der Waals surface area contributed by atoms with Gasteiger partial charge in [-0.1, -0.05) is 11.2 Å². The van der Waals surface area contributed by atoms with Crippen molar-refractivity contribution < 1.29 is 15.1 Å². The van der Waals surface area contributed by atoms with Gasteiger partial charge in [-0.3, -0.25) is 9.88 Å². The number of amidine groups is 1. The van der Waals surface area contributed by atoms with E-state index in [0.29, 0.717) is 18.8 Å². The Balaban J connectivity index is 2.13. The summed E-state index contributed by atoms with van der Waals surface area (Å²) in [7, 11) is 0. The molecule has 110 valence electrons. The molecule has 0 aliphatic carbocycles. The van der Waals surface area contributed by atoms with Crippen LogP contribution >= 0.6 is 0 Å². The zero-order chi connectivity index (χ0) is 14.5. The molecule has 0 spiro atoms. The van der Waals surface area contributed by atoms with Crippen LogP contribution in [0.4, 0.5) is 0 Å². The number of nitrogens with zero attached hydrogens (tertiary/aromatic N) is 3. The molecule has 2 rings (SSSR count). The van der Waals surface area contributed by atoms with Crippen molar-refractivity contribution in [1.29, 1.82) is 0 Å². The minimum Gasteiger partial charge on any atom is -0.409 e. The number of ether oxygens (including phenoxy) is 1. The second-order valence-electron chi connectivity index (χ2n) is 4.94. The Hall–Kier alpha value is -1.70. The number of aliphatic hydroxyl groups is 1. The fraction of sp³-hybridized carbons (Fsp3) is 0.538. The minimum absolute atomic E-state index is 0.000570. The number of nitrogens with two attached hydrogens (primary N) is 1. The monoisotopic (exact) mass is 280 g/mol. The maximum absolute atomic E-state index is 9.24. The summed E-state index contributed by atoms with van der Waals surface area (Å²) >= 11 is 0. The number of rotatable bonds is 4. The topological polar surface area (TPSA) is 104 Å². The maximum Gasteiger partial charge on any atom is 0.189 e. The van der Waals surface area contributed by atoms with Gasteiger partial charge >= 0.3 is 0 Å². The van der Waals surface area contributed by atoms with Gasteiger partial charge in [0, 0.05) is 25.8 Å². The highest BCUT2D eigenvalue weighted by molar-refractivity contribution is 5.96. The Kier molecular flexibility index (Phi) is 4.89. The van der Waals surface area contributed by atoms with Gasteiger partial charge in [-0.15, -0.1) is 0 Å². The Labute approximate surface area is 117 Å². The van der Waals surface area contributed by atoms with Crippen molar-refractivity contribution in [2.24, 2.45) is 10.9 Å². The molecule has 1 aromatic heterocycles. The molecule has 2 atom stereocenters. The second kappa shape index (κ2) is 6.65. The van der Waals surface area contributed by atoms with Crippen LogP contribution in [0.5, 0.6) is 0 Å². The molecule has 4 N–H and O–H groups in total. The van der Waals surface area contributed by atoms with Crippen LogP contribution < -0.4 is 5.73 Å². The molecular weight excluding hydrogens is 260 g/mol. The second-order valence-corrected chi connectivity index (χ2v) is 4.94. The summed E-state index contributed by atoms with van der Waals surface area (Å²) in [5.41, 5.74) is 7.00. The number of aliphatic hydroxyl groups excluding tert-OH is 1. The van der Waals surface area contributed by atoms with E-state index < -0.39 is 0 Å². The summed E-state index contributed by atoms with van der Waals surface area (Å²) in [6.45, 7) is 4.00. The van der Waals surface area contributed by atoms with E-state index in [1.165, 1.54) is 0 Å². The van der Waals surface area contributed by atoms with E-state index in [0.717, 1.165) is 12.1 Å². The molecule has 0 bridgehead atoms. The Morgan fingerprint density at radius 3 is 3.10 bits per heavy atom. The molecule has 0 amide bonds. The van der Waals surface area contributed by atoms with Crippen LogP contribution in [-0.2, 0) is 11.3 Å². The number of hydrogen-bond acceptors (Lipinski definition) is 6. The average molecular weight is 280 g/mol. The van der Waals surface area contributed by atoms with Gasteiger partial charge in [0.2, 0.25) is 0 Å². The lowest BCUT2D eigenvalue weighted by atomic mass is 10.1. The SMILES string of the molecule is CC1CN(Cc2cccnc2/C(N)=N/O)CC(CO)O1. The van der Waals surface area contributed by atoms with Gasteiger partial charge in [0.15, 0.2) is 5.84 Å². The van der Waals surface area contributed by atoms with E-state index in [1.807, 2.05) is 19.1 Å². The summed E-state index contributed by atoms with van der Waals surface area (Å²) in [4.78, 5) is 6.32. The van der Waals surface area contributed by atoms with E-state index in [4.69, 9.17) is 15.7 Å². The van der Waals surface area contributed by atoms with Crippen LogP contribution in [0.3, 0.4) is 0 Å².